The van der Waals surface area contributed by atoms with E-state index in [0.717, 1.165) is 42.1 Å². The maximum absolute atomic E-state index is 11.4. The minimum absolute atomic E-state index is 0.218. The Hall–Kier alpha value is -4.98. The number of aromatic carboxylic acids is 2. The van der Waals surface area contributed by atoms with Gasteiger partial charge in [-0.25, -0.2) is 9.59 Å². The summed E-state index contributed by atoms with van der Waals surface area (Å²) < 4.78 is 11.6. The molecule has 0 saturated carbocycles. The number of carboxylic acid groups (broad SMARTS) is 2. The summed E-state index contributed by atoms with van der Waals surface area (Å²) in [5.74, 6) is -0.448. The Bertz CT molecular complexity index is 1280. The smallest absolute Gasteiger partial charge is 0.337 e. The van der Waals surface area contributed by atoms with Crippen LogP contribution in [0.25, 0.3) is 0 Å². The zero-order valence-corrected chi connectivity index (χ0v) is 21.3. The van der Waals surface area contributed by atoms with Gasteiger partial charge in [0.1, 0.15) is 11.5 Å². The van der Waals surface area contributed by atoms with E-state index in [1.807, 2.05) is 48.5 Å². The maximum atomic E-state index is 11.4. The first-order chi connectivity index (χ1) is 19.0. The third-order valence-electron chi connectivity index (χ3n) is 5.91. The third-order valence-corrected chi connectivity index (χ3v) is 5.91. The molecule has 0 aliphatic rings. The van der Waals surface area contributed by atoms with E-state index in [2.05, 4.69) is 10.6 Å². The quantitative estimate of drug-likeness (QED) is 0.127. The van der Waals surface area contributed by atoms with Crippen molar-refractivity contribution in [1.82, 2.24) is 0 Å². The van der Waals surface area contributed by atoms with Crippen LogP contribution in [0.2, 0.25) is 0 Å². The average Bonchev–Trinajstić information content (AvgIpc) is 2.94. The molecule has 0 amide bonds. The summed E-state index contributed by atoms with van der Waals surface area (Å²) in [7, 11) is 0. The van der Waals surface area contributed by atoms with Gasteiger partial charge < -0.3 is 30.3 Å². The molecule has 0 spiro atoms. The summed E-state index contributed by atoms with van der Waals surface area (Å²) in [4.78, 5) is 22.7. The zero-order chi connectivity index (χ0) is 27.5. The van der Waals surface area contributed by atoms with Gasteiger partial charge in [-0.3, -0.25) is 0 Å². The number of anilines is 4. The zero-order valence-electron chi connectivity index (χ0n) is 21.3. The summed E-state index contributed by atoms with van der Waals surface area (Å²) in [6.45, 7) is 1.18. The number of para-hydroxylation sites is 2. The van der Waals surface area contributed by atoms with Gasteiger partial charge in [-0.05, 0) is 92.1 Å². The normalized spacial score (nSPS) is 10.5. The van der Waals surface area contributed by atoms with Gasteiger partial charge in [-0.2, -0.15) is 0 Å². The number of nitrogens with one attached hydrogen (secondary N) is 2. The van der Waals surface area contributed by atoms with Crippen molar-refractivity contribution in [3.63, 3.8) is 0 Å². The lowest BCUT2D eigenvalue weighted by atomic mass is 10.1. The number of ether oxygens (including phenoxy) is 2. The van der Waals surface area contributed by atoms with Crippen molar-refractivity contribution < 1.29 is 29.3 Å². The Morgan fingerprint density at radius 3 is 1.31 bits per heavy atom. The van der Waals surface area contributed by atoms with Crippen LogP contribution >= 0.6 is 0 Å². The Balaban J connectivity index is 1.12. The Labute approximate surface area is 226 Å². The molecule has 39 heavy (non-hydrogen) atoms. The highest BCUT2D eigenvalue weighted by atomic mass is 16.5. The fourth-order valence-electron chi connectivity index (χ4n) is 3.90. The first-order valence-electron chi connectivity index (χ1n) is 12.6. The van der Waals surface area contributed by atoms with Crippen molar-refractivity contribution in [2.45, 2.75) is 19.3 Å². The van der Waals surface area contributed by atoms with E-state index in [-0.39, 0.29) is 11.1 Å². The van der Waals surface area contributed by atoms with Crippen LogP contribution in [0.1, 0.15) is 40.0 Å². The molecular formula is C31H30N2O6. The van der Waals surface area contributed by atoms with Crippen molar-refractivity contribution in [3.05, 3.63) is 108 Å². The van der Waals surface area contributed by atoms with Crippen LogP contribution < -0.4 is 20.1 Å². The highest BCUT2D eigenvalue weighted by Crippen LogP contribution is 2.24. The van der Waals surface area contributed by atoms with E-state index in [1.54, 1.807) is 48.5 Å². The van der Waals surface area contributed by atoms with E-state index in [4.69, 9.17) is 9.47 Å². The van der Waals surface area contributed by atoms with Crippen LogP contribution in [0.3, 0.4) is 0 Å². The van der Waals surface area contributed by atoms with Gasteiger partial charge in [0, 0.05) is 11.4 Å². The minimum atomic E-state index is -0.977. The van der Waals surface area contributed by atoms with Gasteiger partial charge in [-0.15, -0.1) is 0 Å². The summed E-state index contributed by atoms with van der Waals surface area (Å²) >= 11 is 0. The van der Waals surface area contributed by atoms with Crippen molar-refractivity contribution in [1.29, 1.82) is 0 Å². The number of carbonyl (C=O) groups is 2. The second kappa shape index (κ2) is 13.5. The fraction of sp³-hybridized carbons (Fsp3) is 0.161. The highest BCUT2D eigenvalue weighted by Gasteiger charge is 2.10. The molecule has 0 unspecified atom stereocenters. The molecule has 0 aromatic heterocycles. The molecule has 0 radical (unpaired) electrons. The molecule has 0 atom stereocenters. The second-order valence-electron chi connectivity index (χ2n) is 8.76. The molecule has 8 nitrogen and oxygen atoms in total. The van der Waals surface area contributed by atoms with Crippen LogP contribution in [0.5, 0.6) is 11.5 Å². The molecule has 4 rings (SSSR count). The molecule has 0 heterocycles. The second-order valence-corrected chi connectivity index (χ2v) is 8.76. The number of rotatable bonds is 14. The number of hydrogen-bond donors (Lipinski definition) is 4. The van der Waals surface area contributed by atoms with Crippen molar-refractivity contribution in [2.24, 2.45) is 0 Å². The van der Waals surface area contributed by atoms with Crippen LogP contribution in [0.4, 0.5) is 22.7 Å². The molecule has 0 fully saturated rings. The predicted molar refractivity (Wildman–Crippen MR) is 151 cm³/mol. The van der Waals surface area contributed by atoms with E-state index in [9.17, 15) is 19.8 Å². The highest BCUT2D eigenvalue weighted by molar-refractivity contribution is 5.95. The van der Waals surface area contributed by atoms with E-state index in [1.165, 1.54) is 0 Å². The van der Waals surface area contributed by atoms with Gasteiger partial charge >= 0.3 is 11.9 Å². The van der Waals surface area contributed by atoms with Gasteiger partial charge in [0.2, 0.25) is 0 Å². The number of hydrogen-bond acceptors (Lipinski definition) is 6. The summed E-state index contributed by atoms with van der Waals surface area (Å²) in [5, 5.41) is 24.9. The number of carboxylic acids is 2. The monoisotopic (exact) mass is 526 g/mol. The number of benzene rings is 4. The Morgan fingerprint density at radius 1 is 0.538 bits per heavy atom. The van der Waals surface area contributed by atoms with E-state index < -0.39 is 11.9 Å². The van der Waals surface area contributed by atoms with Crippen LogP contribution in [-0.4, -0.2) is 35.4 Å². The molecule has 0 saturated heterocycles. The van der Waals surface area contributed by atoms with E-state index >= 15 is 0 Å². The lowest BCUT2D eigenvalue weighted by molar-refractivity contribution is 0.0687. The van der Waals surface area contributed by atoms with Crippen molar-refractivity contribution in [3.8, 4) is 11.5 Å². The summed E-state index contributed by atoms with van der Waals surface area (Å²) in [6, 6.07) is 28.4. The van der Waals surface area contributed by atoms with Gasteiger partial charge in [0.25, 0.3) is 0 Å². The average molecular weight is 527 g/mol. The molecule has 4 aromatic rings. The fourth-order valence-corrected chi connectivity index (χ4v) is 3.90. The van der Waals surface area contributed by atoms with E-state index in [0.29, 0.717) is 24.6 Å². The van der Waals surface area contributed by atoms with Gasteiger partial charge in [0.15, 0.2) is 0 Å². The molecule has 4 aromatic carbocycles. The topological polar surface area (TPSA) is 117 Å². The van der Waals surface area contributed by atoms with Crippen molar-refractivity contribution in [2.75, 3.05) is 23.8 Å². The summed E-state index contributed by atoms with van der Waals surface area (Å²) in [5.41, 5.74) is 3.07. The predicted octanol–water partition coefficient (Wildman–Crippen LogP) is 7.20. The van der Waals surface area contributed by atoms with Crippen LogP contribution in [0.15, 0.2) is 97.1 Å². The molecule has 0 bridgehead atoms. The third kappa shape index (κ3) is 8.00. The Morgan fingerprint density at radius 2 is 0.923 bits per heavy atom. The van der Waals surface area contributed by atoms with Crippen LogP contribution in [0, 0.1) is 0 Å². The van der Waals surface area contributed by atoms with Gasteiger partial charge in [-0.1, -0.05) is 24.3 Å². The number of unbranched alkanes of at least 4 members (excludes halogenated alkanes) is 2. The van der Waals surface area contributed by atoms with Gasteiger partial charge in [0.05, 0.1) is 35.7 Å². The first-order valence-corrected chi connectivity index (χ1v) is 12.6. The maximum Gasteiger partial charge on any atom is 0.337 e. The SMILES string of the molecule is O=C(O)c1ccccc1Nc1ccc(OCCCCCOc2ccc(Nc3ccccc3C(=O)O)cc2)cc1. The van der Waals surface area contributed by atoms with Crippen molar-refractivity contribution >= 4 is 34.7 Å². The standard InChI is InChI=1S/C31H30N2O6/c34-30(35)26-8-2-4-10-28(26)32-22-12-16-24(17-13-22)38-20-6-1-7-21-39-25-18-14-23(15-19-25)33-29-11-5-3-9-27(29)31(36)37/h2-5,8-19,32-33H,1,6-7,20-21H2,(H,34,35)(H,36,37). The summed E-state index contributed by atoms with van der Waals surface area (Å²) in [6.07, 6.45) is 2.74. The lowest BCUT2D eigenvalue weighted by Gasteiger charge is -2.11. The molecule has 200 valence electrons. The molecule has 8 heteroatoms. The van der Waals surface area contributed by atoms with Crippen LogP contribution in [-0.2, 0) is 0 Å². The molecule has 4 N–H and O–H groups in total. The largest absolute Gasteiger partial charge is 0.494 e. The molecule has 0 aliphatic heterocycles. The first kappa shape index (κ1) is 27.1. The minimum Gasteiger partial charge on any atom is -0.494 e. The Kier molecular flexibility index (Phi) is 9.39. The molecule has 0 aliphatic carbocycles. The molecular weight excluding hydrogens is 496 g/mol. The lowest BCUT2D eigenvalue weighted by Crippen LogP contribution is -2.03.